The Balaban J connectivity index is 1.71. The first-order valence-corrected chi connectivity index (χ1v) is 7.74. The molecule has 1 amide bonds. The molecule has 1 aliphatic carbocycles. The van der Waals surface area contributed by atoms with Gasteiger partial charge in [0.2, 0.25) is 0 Å². The van der Waals surface area contributed by atoms with Crippen LogP contribution in [0.1, 0.15) is 22.3 Å². The van der Waals surface area contributed by atoms with Crippen LogP contribution >= 0.6 is 24.0 Å². The lowest BCUT2D eigenvalue weighted by molar-refractivity contribution is -0.115. The molecule has 0 bridgehead atoms. The van der Waals surface area contributed by atoms with Crippen molar-refractivity contribution in [2.75, 3.05) is 0 Å². The van der Waals surface area contributed by atoms with Gasteiger partial charge in [-0.1, -0.05) is 48.3 Å². The van der Waals surface area contributed by atoms with Crippen molar-refractivity contribution in [1.82, 2.24) is 5.32 Å². The van der Waals surface area contributed by atoms with Gasteiger partial charge in [-0.2, -0.15) is 0 Å². The second-order valence-electron chi connectivity index (χ2n) is 4.84. The SMILES string of the molecule is O=C1NC(=S)SC1=CC1=CC=C(c2ccc(C(=O)O)cc2)C1. The maximum atomic E-state index is 11.6. The van der Waals surface area contributed by atoms with Crippen LogP contribution in [0.15, 0.2) is 53.0 Å². The largest absolute Gasteiger partial charge is 0.478 e. The Labute approximate surface area is 136 Å². The number of aromatic carboxylic acids is 1. The fourth-order valence-electron chi connectivity index (χ4n) is 2.26. The van der Waals surface area contributed by atoms with Crippen molar-refractivity contribution in [2.45, 2.75) is 6.42 Å². The Bertz CT molecular complexity index is 773. The molecular formula is C16H11NO3S2. The van der Waals surface area contributed by atoms with Gasteiger partial charge in [0.15, 0.2) is 0 Å². The number of nitrogens with one attached hydrogen (secondary N) is 1. The maximum absolute atomic E-state index is 11.6. The quantitative estimate of drug-likeness (QED) is 0.659. The summed E-state index contributed by atoms with van der Waals surface area (Å²) in [5, 5.41) is 11.5. The average molecular weight is 329 g/mol. The Morgan fingerprint density at radius 3 is 2.59 bits per heavy atom. The highest BCUT2D eigenvalue weighted by molar-refractivity contribution is 8.26. The minimum absolute atomic E-state index is 0.157. The molecule has 2 N–H and O–H groups in total. The lowest BCUT2D eigenvalue weighted by Gasteiger charge is -2.04. The number of carbonyl (C=O) groups excluding carboxylic acids is 1. The van der Waals surface area contributed by atoms with E-state index in [4.69, 9.17) is 17.3 Å². The first-order chi connectivity index (χ1) is 10.5. The minimum Gasteiger partial charge on any atom is -0.478 e. The van der Waals surface area contributed by atoms with Gasteiger partial charge in [-0.15, -0.1) is 0 Å². The van der Waals surface area contributed by atoms with E-state index in [-0.39, 0.29) is 11.5 Å². The Morgan fingerprint density at radius 2 is 2.00 bits per heavy atom. The summed E-state index contributed by atoms with van der Waals surface area (Å²) >= 11 is 6.22. The van der Waals surface area contributed by atoms with E-state index in [1.54, 1.807) is 24.3 Å². The predicted molar refractivity (Wildman–Crippen MR) is 90.5 cm³/mol. The van der Waals surface area contributed by atoms with E-state index in [1.807, 2.05) is 18.2 Å². The maximum Gasteiger partial charge on any atom is 0.335 e. The van der Waals surface area contributed by atoms with Gasteiger partial charge in [-0.25, -0.2) is 4.79 Å². The molecule has 1 fully saturated rings. The van der Waals surface area contributed by atoms with Crippen molar-refractivity contribution in [2.24, 2.45) is 0 Å². The average Bonchev–Trinajstić information content (AvgIpc) is 3.06. The normalized spacial score (nSPS) is 19.2. The van der Waals surface area contributed by atoms with Crippen LogP contribution in [-0.4, -0.2) is 21.3 Å². The van der Waals surface area contributed by atoms with Gasteiger partial charge >= 0.3 is 5.97 Å². The van der Waals surface area contributed by atoms with E-state index in [0.29, 0.717) is 15.6 Å². The van der Waals surface area contributed by atoms with E-state index in [9.17, 15) is 9.59 Å². The molecule has 1 heterocycles. The zero-order chi connectivity index (χ0) is 15.7. The van der Waals surface area contributed by atoms with E-state index in [1.165, 1.54) is 11.8 Å². The number of carboxylic acid groups (broad SMARTS) is 1. The van der Waals surface area contributed by atoms with E-state index in [2.05, 4.69) is 5.32 Å². The van der Waals surface area contributed by atoms with Gasteiger partial charge < -0.3 is 10.4 Å². The molecule has 2 aliphatic rings. The molecule has 1 aromatic carbocycles. The van der Waals surface area contributed by atoms with Crippen LogP contribution in [-0.2, 0) is 4.79 Å². The van der Waals surface area contributed by atoms with E-state index < -0.39 is 5.97 Å². The fourth-order valence-corrected chi connectivity index (χ4v) is 3.32. The zero-order valence-corrected chi connectivity index (χ0v) is 13.0. The molecule has 0 saturated carbocycles. The zero-order valence-electron chi connectivity index (χ0n) is 11.3. The summed E-state index contributed by atoms with van der Waals surface area (Å²) in [4.78, 5) is 23.1. The molecule has 0 aromatic heterocycles. The number of amides is 1. The number of hydrogen-bond acceptors (Lipinski definition) is 4. The number of thiocarbonyl (C=S) groups is 1. The summed E-state index contributed by atoms with van der Waals surface area (Å²) < 4.78 is 0.479. The molecule has 3 rings (SSSR count). The van der Waals surface area contributed by atoms with Crippen LogP contribution in [0.5, 0.6) is 0 Å². The van der Waals surface area contributed by atoms with Crippen LogP contribution in [0.3, 0.4) is 0 Å². The van der Waals surface area contributed by atoms with Gasteiger partial charge in [0.25, 0.3) is 5.91 Å². The highest BCUT2D eigenvalue weighted by Crippen LogP contribution is 2.32. The summed E-state index contributed by atoms with van der Waals surface area (Å²) in [6.07, 6.45) is 6.49. The molecule has 0 unspecified atom stereocenters. The first kappa shape index (κ1) is 14.7. The molecule has 1 aromatic rings. The molecule has 4 nitrogen and oxygen atoms in total. The topological polar surface area (TPSA) is 66.4 Å². The third-order valence-corrected chi connectivity index (χ3v) is 4.52. The number of thioether (sulfide) groups is 1. The van der Waals surface area contributed by atoms with Gasteiger partial charge in [0, 0.05) is 0 Å². The number of rotatable bonds is 3. The van der Waals surface area contributed by atoms with Crippen LogP contribution in [0.25, 0.3) is 5.57 Å². The summed E-state index contributed by atoms with van der Waals surface area (Å²) in [7, 11) is 0. The van der Waals surface area contributed by atoms with Crippen LogP contribution in [0.4, 0.5) is 0 Å². The monoisotopic (exact) mass is 329 g/mol. The summed E-state index contributed by atoms with van der Waals surface area (Å²) in [6.45, 7) is 0. The number of benzene rings is 1. The van der Waals surface area contributed by atoms with Crippen molar-refractivity contribution in [1.29, 1.82) is 0 Å². The van der Waals surface area contributed by atoms with Gasteiger partial charge in [-0.05, 0) is 41.3 Å². The summed E-state index contributed by atoms with van der Waals surface area (Å²) in [5.41, 5.74) is 3.37. The second-order valence-corrected chi connectivity index (χ2v) is 6.56. The number of allylic oxidation sites excluding steroid dienone is 5. The van der Waals surface area contributed by atoms with Crippen molar-refractivity contribution < 1.29 is 14.7 Å². The van der Waals surface area contributed by atoms with Gasteiger partial charge in [0.1, 0.15) is 4.32 Å². The third-order valence-electron chi connectivity index (χ3n) is 3.35. The van der Waals surface area contributed by atoms with Crippen LogP contribution in [0, 0.1) is 0 Å². The fraction of sp³-hybridized carbons (Fsp3) is 0.0625. The highest BCUT2D eigenvalue weighted by Gasteiger charge is 2.23. The molecule has 1 saturated heterocycles. The number of carbonyl (C=O) groups is 2. The lowest BCUT2D eigenvalue weighted by Crippen LogP contribution is -2.17. The summed E-state index contributed by atoms with van der Waals surface area (Å²) in [6, 6.07) is 6.78. The Hall–Kier alpha value is -2.18. The molecule has 0 spiro atoms. The Morgan fingerprint density at radius 1 is 1.27 bits per heavy atom. The molecule has 0 radical (unpaired) electrons. The van der Waals surface area contributed by atoms with Gasteiger partial charge in [-0.3, -0.25) is 4.79 Å². The van der Waals surface area contributed by atoms with E-state index >= 15 is 0 Å². The molecular weight excluding hydrogens is 318 g/mol. The van der Waals surface area contributed by atoms with Crippen LogP contribution < -0.4 is 5.32 Å². The lowest BCUT2D eigenvalue weighted by atomic mass is 10.0. The van der Waals surface area contributed by atoms with Crippen molar-refractivity contribution >= 4 is 45.7 Å². The van der Waals surface area contributed by atoms with Gasteiger partial charge in [0.05, 0.1) is 10.5 Å². The first-order valence-electron chi connectivity index (χ1n) is 6.51. The molecule has 110 valence electrons. The highest BCUT2D eigenvalue weighted by atomic mass is 32.2. The molecule has 22 heavy (non-hydrogen) atoms. The minimum atomic E-state index is -0.935. The van der Waals surface area contributed by atoms with Crippen LogP contribution in [0.2, 0.25) is 0 Å². The van der Waals surface area contributed by atoms with E-state index in [0.717, 1.165) is 16.7 Å². The predicted octanol–water partition coefficient (Wildman–Crippen LogP) is 3.13. The standard InChI is InChI=1S/C16H11NO3S2/c18-14-13(22-16(21)17-14)8-9-1-2-12(7-9)10-3-5-11(6-4-10)15(19)20/h1-6,8H,7H2,(H,19,20)(H,17,18,21). The summed E-state index contributed by atoms with van der Waals surface area (Å²) in [5.74, 6) is -1.09. The van der Waals surface area contributed by atoms with Crippen molar-refractivity contribution in [3.8, 4) is 0 Å². The second kappa shape index (κ2) is 5.90. The molecule has 6 heteroatoms. The number of carboxylic acids is 1. The van der Waals surface area contributed by atoms with Crippen molar-refractivity contribution in [3.63, 3.8) is 0 Å². The molecule has 1 aliphatic heterocycles. The molecule has 0 atom stereocenters. The smallest absolute Gasteiger partial charge is 0.335 e. The third kappa shape index (κ3) is 3.03. The Kier molecular flexibility index (Phi) is 3.96. The van der Waals surface area contributed by atoms with Crippen molar-refractivity contribution in [3.05, 3.63) is 64.1 Å². The number of hydrogen-bond donors (Lipinski definition) is 2.